The lowest BCUT2D eigenvalue weighted by atomic mass is 10.1. The lowest BCUT2D eigenvalue weighted by molar-refractivity contribution is -0.119. The molecule has 9 nitrogen and oxygen atoms in total. The van der Waals surface area contributed by atoms with E-state index in [0.717, 1.165) is 44.3 Å². The van der Waals surface area contributed by atoms with Crippen LogP contribution in [0.4, 0.5) is 11.4 Å². The van der Waals surface area contributed by atoms with E-state index >= 15 is 0 Å². The first-order chi connectivity index (χ1) is 14.6. The van der Waals surface area contributed by atoms with Gasteiger partial charge in [0.25, 0.3) is 0 Å². The molecule has 1 aromatic carbocycles. The molecule has 0 saturated carbocycles. The second-order valence-corrected chi connectivity index (χ2v) is 7.76. The van der Waals surface area contributed by atoms with E-state index in [-0.39, 0.29) is 24.0 Å². The van der Waals surface area contributed by atoms with Gasteiger partial charge in [-0.2, -0.15) is 5.10 Å². The van der Waals surface area contributed by atoms with Crippen molar-refractivity contribution < 1.29 is 14.3 Å². The number of hydrogen-bond donors (Lipinski definition) is 1. The average Bonchev–Trinajstić information content (AvgIpc) is 2.90. The molecule has 2 aliphatic rings. The molecular weight excluding hydrogens is 386 g/mol. The Bertz CT molecular complexity index is 1010. The summed E-state index contributed by atoms with van der Waals surface area (Å²) in [4.78, 5) is 39.2. The smallest absolute Gasteiger partial charge is 0.346 e. The van der Waals surface area contributed by atoms with Crippen LogP contribution >= 0.6 is 0 Å². The molecule has 0 unspecified atom stereocenters. The molecule has 3 heterocycles. The second-order valence-electron chi connectivity index (χ2n) is 7.76. The molecule has 2 aromatic rings. The van der Waals surface area contributed by atoms with Crippen molar-refractivity contribution >= 4 is 23.2 Å². The number of benzene rings is 1. The predicted octanol–water partition coefficient (Wildman–Crippen LogP) is 1.94. The van der Waals surface area contributed by atoms with E-state index in [2.05, 4.69) is 10.4 Å². The number of nitrogens with one attached hydrogen (secondary N) is 1. The van der Waals surface area contributed by atoms with Gasteiger partial charge in [-0.1, -0.05) is 6.42 Å². The van der Waals surface area contributed by atoms with Gasteiger partial charge in [0.2, 0.25) is 11.8 Å². The van der Waals surface area contributed by atoms with Crippen molar-refractivity contribution in [1.82, 2.24) is 14.3 Å². The maximum Gasteiger partial charge on any atom is 0.346 e. The van der Waals surface area contributed by atoms with Crippen LogP contribution in [0.1, 0.15) is 44.3 Å². The van der Waals surface area contributed by atoms with Crippen molar-refractivity contribution in [3.8, 4) is 5.75 Å². The number of anilines is 2. The van der Waals surface area contributed by atoms with Gasteiger partial charge < -0.3 is 15.0 Å². The number of carbonyl (C=O) groups is 2. The van der Waals surface area contributed by atoms with E-state index in [0.29, 0.717) is 36.6 Å². The van der Waals surface area contributed by atoms with Crippen LogP contribution in [0.3, 0.4) is 0 Å². The number of methoxy groups -OCH3 is 1. The number of carbonyl (C=O) groups excluding carboxylic acids is 2. The summed E-state index contributed by atoms with van der Waals surface area (Å²) >= 11 is 0. The zero-order valence-electron chi connectivity index (χ0n) is 17.2. The fourth-order valence-electron chi connectivity index (χ4n) is 4.10. The van der Waals surface area contributed by atoms with E-state index in [1.165, 1.54) is 4.68 Å². The van der Waals surface area contributed by atoms with E-state index in [9.17, 15) is 14.4 Å². The minimum atomic E-state index is -0.341. The highest BCUT2D eigenvalue weighted by Gasteiger charge is 2.23. The number of nitrogens with zero attached hydrogens (tertiary/aromatic N) is 4. The zero-order valence-corrected chi connectivity index (χ0v) is 17.2. The highest BCUT2D eigenvalue weighted by molar-refractivity contribution is 5.97. The van der Waals surface area contributed by atoms with Gasteiger partial charge in [0.1, 0.15) is 18.1 Å². The quantitative estimate of drug-likeness (QED) is 0.808. The van der Waals surface area contributed by atoms with Crippen molar-refractivity contribution in [2.75, 3.05) is 23.9 Å². The van der Waals surface area contributed by atoms with Crippen LogP contribution in [0.25, 0.3) is 0 Å². The summed E-state index contributed by atoms with van der Waals surface area (Å²) in [5.41, 5.74) is 0.949. The summed E-state index contributed by atoms with van der Waals surface area (Å²) < 4.78 is 8.32. The number of aryl methyl sites for hydroxylation is 1. The molecule has 160 valence electrons. The number of ether oxygens (including phenoxy) is 1. The van der Waals surface area contributed by atoms with Crippen LogP contribution in [0, 0.1) is 0 Å². The molecule has 0 spiro atoms. The van der Waals surface area contributed by atoms with Crippen LogP contribution in [0.5, 0.6) is 5.75 Å². The molecular formula is C21H27N5O4. The molecule has 1 N–H and O–H groups in total. The maximum absolute atomic E-state index is 12.6. The fourth-order valence-corrected chi connectivity index (χ4v) is 4.10. The third-order valence-electron chi connectivity index (χ3n) is 5.65. The van der Waals surface area contributed by atoms with Gasteiger partial charge >= 0.3 is 5.69 Å². The number of aromatic nitrogens is 3. The Kier molecular flexibility index (Phi) is 5.87. The molecule has 0 bridgehead atoms. The highest BCUT2D eigenvalue weighted by atomic mass is 16.5. The monoisotopic (exact) mass is 413 g/mol. The van der Waals surface area contributed by atoms with E-state index < -0.39 is 0 Å². The molecule has 0 radical (unpaired) electrons. The van der Waals surface area contributed by atoms with Gasteiger partial charge in [-0.15, -0.1) is 0 Å². The molecule has 1 aromatic heterocycles. The Hall–Kier alpha value is -3.10. The molecule has 0 atom stereocenters. The van der Waals surface area contributed by atoms with Gasteiger partial charge in [0.15, 0.2) is 0 Å². The van der Waals surface area contributed by atoms with Crippen LogP contribution < -0.4 is 20.6 Å². The first-order valence-electron chi connectivity index (χ1n) is 10.5. The Labute approximate surface area is 174 Å². The van der Waals surface area contributed by atoms with Gasteiger partial charge in [0, 0.05) is 31.6 Å². The molecule has 2 amide bonds. The van der Waals surface area contributed by atoms with E-state index in [1.807, 2.05) is 0 Å². The van der Waals surface area contributed by atoms with Crippen molar-refractivity contribution in [3.63, 3.8) is 0 Å². The topological polar surface area (TPSA) is 98.5 Å². The third-order valence-corrected chi connectivity index (χ3v) is 5.65. The summed E-state index contributed by atoms with van der Waals surface area (Å²) in [5, 5.41) is 7.17. The van der Waals surface area contributed by atoms with Crippen LogP contribution in [0.2, 0.25) is 0 Å². The first kappa shape index (κ1) is 20.2. The Morgan fingerprint density at radius 3 is 2.70 bits per heavy atom. The zero-order chi connectivity index (χ0) is 21.1. The Morgan fingerprint density at radius 2 is 1.90 bits per heavy atom. The summed E-state index contributed by atoms with van der Waals surface area (Å²) in [6, 6.07) is 5.20. The summed E-state index contributed by atoms with van der Waals surface area (Å²) in [7, 11) is 1.56. The SMILES string of the molecule is COc1ccc(NC(=O)Cn2nc3n(c2=O)CCCCC3)cc1N1CCCCC1=O. The largest absolute Gasteiger partial charge is 0.495 e. The minimum absolute atomic E-state index is 0.0501. The van der Waals surface area contributed by atoms with E-state index in [1.54, 1.807) is 34.8 Å². The van der Waals surface area contributed by atoms with Crippen molar-refractivity contribution in [3.05, 3.63) is 34.5 Å². The molecule has 0 aliphatic carbocycles. The summed E-state index contributed by atoms with van der Waals surface area (Å²) in [6.07, 6.45) is 6.13. The first-order valence-corrected chi connectivity index (χ1v) is 10.5. The normalized spacial score (nSPS) is 16.7. The summed E-state index contributed by atoms with van der Waals surface area (Å²) in [6.45, 7) is 1.13. The summed E-state index contributed by atoms with van der Waals surface area (Å²) in [5.74, 6) is 1.04. The van der Waals surface area contributed by atoms with Gasteiger partial charge in [-0.25, -0.2) is 9.48 Å². The standard InChI is InChI=1S/C21H27N5O4/c1-30-17-10-9-15(13-16(17)24-11-6-4-8-20(24)28)22-19(27)14-26-21(29)25-12-5-2-3-7-18(25)23-26/h9-10,13H,2-8,11-12,14H2,1H3,(H,22,27). The van der Waals surface area contributed by atoms with Crippen LogP contribution in [-0.2, 0) is 29.1 Å². The molecule has 1 saturated heterocycles. The molecule has 4 rings (SSSR count). The number of rotatable bonds is 5. The third kappa shape index (κ3) is 4.10. The van der Waals surface area contributed by atoms with Gasteiger partial charge in [-0.05, 0) is 43.9 Å². The van der Waals surface area contributed by atoms with Gasteiger partial charge in [0.05, 0.1) is 12.8 Å². The van der Waals surface area contributed by atoms with Crippen LogP contribution in [0.15, 0.2) is 23.0 Å². The maximum atomic E-state index is 12.6. The van der Waals surface area contributed by atoms with Gasteiger partial charge in [-0.3, -0.25) is 14.2 Å². The number of amides is 2. The second kappa shape index (κ2) is 8.73. The lowest BCUT2D eigenvalue weighted by Crippen LogP contribution is -2.35. The number of hydrogen-bond acceptors (Lipinski definition) is 5. The Morgan fingerprint density at radius 1 is 1.10 bits per heavy atom. The van der Waals surface area contributed by atoms with E-state index in [4.69, 9.17) is 4.74 Å². The van der Waals surface area contributed by atoms with Crippen molar-refractivity contribution in [1.29, 1.82) is 0 Å². The highest BCUT2D eigenvalue weighted by Crippen LogP contribution is 2.33. The van der Waals surface area contributed by atoms with Crippen molar-refractivity contribution in [2.45, 2.75) is 58.0 Å². The molecule has 9 heteroatoms. The molecule has 30 heavy (non-hydrogen) atoms. The number of fused-ring (bicyclic) bond motifs is 1. The Balaban J connectivity index is 1.50. The molecule has 2 aliphatic heterocycles. The van der Waals surface area contributed by atoms with Crippen LogP contribution in [-0.4, -0.2) is 39.8 Å². The predicted molar refractivity (Wildman–Crippen MR) is 112 cm³/mol. The number of piperidine rings is 1. The molecule has 1 fully saturated rings. The average molecular weight is 413 g/mol. The van der Waals surface area contributed by atoms with Crippen molar-refractivity contribution in [2.24, 2.45) is 0 Å². The lowest BCUT2D eigenvalue weighted by Gasteiger charge is -2.28. The minimum Gasteiger partial charge on any atom is -0.495 e. The fraction of sp³-hybridized carbons (Fsp3) is 0.524.